The maximum absolute atomic E-state index is 14.7. The van der Waals surface area contributed by atoms with Gasteiger partial charge in [-0.3, -0.25) is 9.48 Å². The average molecular weight is 726 g/mol. The van der Waals surface area contributed by atoms with Crippen LogP contribution in [0, 0.1) is 0 Å². The van der Waals surface area contributed by atoms with E-state index < -0.39 is 6.43 Å². The Morgan fingerprint density at radius 2 is 1.75 bits per heavy atom. The van der Waals surface area contributed by atoms with Gasteiger partial charge < -0.3 is 20.0 Å². The minimum absolute atomic E-state index is 0.00539. The fourth-order valence-electron chi connectivity index (χ4n) is 7.71. The molecule has 6 rings (SSSR count). The number of piperidine rings is 1. The summed E-state index contributed by atoms with van der Waals surface area (Å²) in [6.07, 6.45) is 9.98. The van der Waals surface area contributed by atoms with Crippen LogP contribution in [0.25, 0.3) is 11.1 Å². The van der Waals surface area contributed by atoms with Crippen molar-refractivity contribution in [3.8, 4) is 11.1 Å². The summed E-state index contributed by atoms with van der Waals surface area (Å²) in [5.74, 6) is 0.570. The van der Waals surface area contributed by atoms with Crippen molar-refractivity contribution in [3.05, 3.63) is 64.5 Å². The molecule has 3 aliphatic heterocycles. The second kappa shape index (κ2) is 15.4. The van der Waals surface area contributed by atoms with Gasteiger partial charge in [0, 0.05) is 87.3 Å². The van der Waals surface area contributed by atoms with Crippen LogP contribution in [0.1, 0.15) is 91.5 Å². The van der Waals surface area contributed by atoms with Crippen molar-refractivity contribution in [2.75, 3.05) is 43.5 Å². The second-order valence-electron chi connectivity index (χ2n) is 13.4. The number of likely N-dealkylation sites (tertiary alicyclic amines) is 1. The molecule has 11 heteroatoms. The van der Waals surface area contributed by atoms with E-state index in [0.717, 1.165) is 98.7 Å². The predicted molar refractivity (Wildman–Crippen MR) is 189 cm³/mol. The average Bonchev–Trinajstić information content (AvgIpc) is 3.55. The van der Waals surface area contributed by atoms with Crippen LogP contribution in [0.5, 0.6) is 0 Å². The molecular formula is C37H47BrF2N6O2. The smallest absolute Gasteiger partial charge is 0.317 e. The lowest BCUT2D eigenvalue weighted by atomic mass is 9.84. The number of nitrogens with one attached hydrogen (secondary N) is 1. The highest BCUT2D eigenvalue weighted by Crippen LogP contribution is 2.45. The molecule has 0 radical (unpaired) electrons. The van der Waals surface area contributed by atoms with Gasteiger partial charge in [-0.05, 0) is 96.9 Å². The largest absolute Gasteiger partial charge is 0.343 e. The Balaban J connectivity index is 1.31. The molecule has 0 aliphatic carbocycles. The van der Waals surface area contributed by atoms with Crippen LogP contribution in [0.15, 0.2) is 36.7 Å². The first kappa shape index (κ1) is 34.4. The van der Waals surface area contributed by atoms with Crippen LogP contribution < -0.4 is 10.2 Å². The summed E-state index contributed by atoms with van der Waals surface area (Å²) in [6.45, 7) is 3.31. The third kappa shape index (κ3) is 7.40. The van der Waals surface area contributed by atoms with E-state index in [1.807, 2.05) is 15.9 Å². The first-order valence-corrected chi connectivity index (χ1v) is 18.6. The molecule has 2 aromatic carbocycles. The molecule has 258 valence electrons. The van der Waals surface area contributed by atoms with E-state index in [2.05, 4.69) is 43.4 Å². The lowest BCUT2D eigenvalue weighted by Crippen LogP contribution is -2.42. The van der Waals surface area contributed by atoms with Crippen molar-refractivity contribution >= 4 is 39.2 Å². The Bertz CT molecular complexity index is 1620. The maximum Gasteiger partial charge on any atom is 0.317 e. The lowest BCUT2D eigenvalue weighted by molar-refractivity contribution is -0.132. The summed E-state index contributed by atoms with van der Waals surface area (Å²) in [7, 11) is 3.44. The van der Waals surface area contributed by atoms with Gasteiger partial charge in [0.2, 0.25) is 5.91 Å². The van der Waals surface area contributed by atoms with Gasteiger partial charge in [0.05, 0.1) is 6.20 Å². The molecule has 1 fully saturated rings. The molecule has 0 atom stereocenters. The van der Waals surface area contributed by atoms with E-state index >= 15 is 0 Å². The van der Waals surface area contributed by atoms with Crippen LogP contribution in [0.3, 0.4) is 0 Å². The molecule has 3 amide bonds. The van der Waals surface area contributed by atoms with Gasteiger partial charge >= 0.3 is 6.03 Å². The topological polar surface area (TPSA) is 73.7 Å². The van der Waals surface area contributed by atoms with Gasteiger partial charge in [-0.1, -0.05) is 34.8 Å². The van der Waals surface area contributed by atoms with Crippen LogP contribution in [-0.4, -0.2) is 70.1 Å². The molecule has 0 spiro atoms. The standard InChI is InChI=1S/C37H47BrF2N6O2/c1-41-37(48)45-17-12-26-18-28(25-10-15-44(16-11-25)35(47)9-5-3-4-6-13-38)20-34(32(26)24-45)46-14-7-8-27-19-30(29-22-42-43(2)23-29)31(36(39)40)21-33(27)46/h18-23,25,36H,3-17,24H2,1-2H3,(H,41,48). The number of fused-ring (bicyclic) bond motifs is 2. The summed E-state index contributed by atoms with van der Waals surface area (Å²) >= 11 is 3.48. The Morgan fingerprint density at radius 3 is 2.46 bits per heavy atom. The van der Waals surface area contributed by atoms with Gasteiger partial charge in [0.15, 0.2) is 0 Å². The summed E-state index contributed by atoms with van der Waals surface area (Å²) in [6, 6.07) is 8.07. The number of benzene rings is 2. The summed E-state index contributed by atoms with van der Waals surface area (Å²) in [4.78, 5) is 31.8. The zero-order chi connectivity index (χ0) is 33.8. The van der Waals surface area contributed by atoms with Crippen molar-refractivity contribution in [2.24, 2.45) is 7.05 Å². The highest BCUT2D eigenvalue weighted by atomic mass is 79.9. The number of aromatic nitrogens is 2. The van der Waals surface area contributed by atoms with Crippen molar-refractivity contribution in [3.63, 3.8) is 0 Å². The number of hydrogen-bond acceptors (Lipinski definition) is 4. The third-order valence-electron chi connectivity index (χ3n) is 10.3. The number of carbonyl (C=O) groups excluding carboxylic acids is 2. The number of amides is 3. The normalized spacial score (nSPS) is 16.7. The molecular weight excluding hydrogens is 678 g/mol. The van der Waals surface area contributed by atoms with Gasteiger partial charge in [-0.15, -0.1) is 0 Å². The van der Waals surface area contributed by atoms with Gasteiger partial charge in [0.25, 0.3) is 6.43 Å². The highest BCUT2D eigenvalue weighted by Gasteiger charge is 2.31. The number of carbonyl (C=O) groups is 2. The van der Waals surface area contributed by atoms with Gasteiger partial charge in [0.1, 0.15) is 0 Å². The summed E-state index contributed by atoms with van der Waals surface area (Å²) < 4.78 is 31.0. The van der Waals surface area contributed by atoms with E-state index in [9.17, 15) is 18.4 Å². The Labute approximate surface area is 291 Å². The number of anilines is 2. The Hall–Kier alpha value is -3.47. The maximum atomic E-state index is 14.7. The minimum Gasteiger partial charge on any atom is -0.343 e. The Morgan fingerprint density at radius 1 is 0.958 bits per heavy atom. The van der Waals surface area contributed by atoms with Gasteiger partial charge in [-0.2, -0.15) is 5.10 Å². The van der Waals surface area contributed by atoms with Crippen molar-refractivity contribution in [1.29, 1.82) is 0 Å². The predicted octanol–water partition coefficient (Wildman–Crippen LogP) is 7.86. The van der Waals surface area contributed by atoms with Crippen LogP contribution >= 0.6 is 15.9 Å². The zero-order valence-electron chi connectivity index (χ0n) is 28.1. The van der Waals surface area contributed by atoms with Crippen molar-refractivity contribution in [1.82, 2.24) is 24.9 Å². The molecule has 3 aliphatic rings. The fourth-order valence-corrected chi connectivity index (χ4v) is 8.11. The van der Waals surface area contributed by atoms with Crippen LogP contribution in [0.4, 0.5) is 25.0 Å². The lowest BCUT2D eigenvalue weighted by Gasteiger charge is -2.39. The summed E-state index contributed by atoms with van der Waals surface area (Å²) in [5, 5.41) is 8.02. The summed E-state index contributed by atoms with van der Waals surface area (Å²) in [5.41, 5.74) is 7.64. The van der Waals surface area contributed by atoms with E-state index in [1.165, 1.54) is 11.1 Å². The molecule has 1 saturated heterocycles. The van der Waals surface area contributed by atoms with Crippen LogP contribution in [0.2, 0.25) is 0 Å². The van der Waals surface area contributed by atoms with E-state index in [1.54, 1.807) is 37.2 Å². The fraction of sp³-hybridized carbons (Fsp3) is 0.541. The van der Waals surface area contributed by atoms with E-state index in [0.29, 0.717) is 43.1 Å². The SMILES string of the molecule is CNC(=O)N1CCc2cc(C3CCN(C(=O)CCCCCCBr)CC3)cc(N3CCCc4cc(-c5cnn(C)c5)c(C(F)F)cc43)c2C1. The van der Waals surface area contributed by atoms with Crippen molar-refractivity contribution in [2.45, 2.75) is 83.1 Å². The second-order valence-corrected chi connectivity index (χ2v) is 14.2. The molecule has 0 bridgehead atoms. The number of halogens is 3. The molecule has 1 N–H and O–H groups in total. The van der Waals surface area contributed by atoms with Crippen molar-refractivity contribution < 1.29 is 18.4 Å². The number of hydrogen-bond donors (Lipinski definition) is 1. The highest BCUT2D eigenvalue weighted by molar-refractivity contribution is 9.09. The molecule has 0 unspecified atom stereocenters. The van der Waals surface area contributed by atoms with E-state index in [4.69, 9.17) is 0 Å². The molecule has 4 heterocycles. The monoisotopic (exact) mass is 724 g/mol. The molecule has 48 heavy (non-hydrogen) atoms. The first-order chi connectivity index (χ1) is 23.3. The zero-order valence-corrected chi connectivity index (χ0v) is 29.7. The number of nitrogens with zero attached hydrogens (tertiary/aromatic N) is 5. The minimum atomic E-state index is -2.64. The molecule has 0 saturated carbocycles. The molecule has 1 aromatic heterocycles. The third-order valence-corrected chi connectivity index (χ3v) is 10.9. The number of urea groups is 1. The molecule has 3 aromatic rings. The quantitative estimate of drug-likeness (QED) is 0.171. The molecule has 8 nitrogen and oxygen atoms in total. The van der Waals surface area contributed by atoms with Gasteiger partial charge in [-0.25, -0.2) is 13.6 Å². The Kier molecular flexibility index (Phi) is 11.0. The number of aryl methyl sites for hydroxylation is 2. The number of rotatable bonds is 10. The van der Waals surface area contributed by atoms with Crippen LogP contribution in [-0.2, 0) is 31.2 Å². The first-order valence-electron chi connectivity index (χ1n) is 17.4. The van der Waals surface area contributed by atoms with E-state index in [-0.39, 0.29) is 17.5 Å². The number of unbranched alkanes of at least 4 members (excludes halogenated alkanes) is 3. The number of alkyl halides is 3.